The second kappa shape index (κ2) is 5.39. The highest BCUT2D eigenvalue weighted by Gasteiger charge is 2.27. The monoisotopic (exact) mass is 246 g/mol. The third kappa shape index (κ3) is 2.44. The molecular weight excluding hydrogens is 224 g/mol. The van der Waals surface area contributed by atoms with Gasteiger partial charge >= 0.3 is 0 Å². The fraction of sp³-hybridized carbons (Fsp3) is 0.600. The van der Waals surface area contributed by atoms with Crippen LogP contribution in [0.2, 0.25) is 0 Å². The van der Waals surface area contributed by atoms with E-state index in [1.807, 2.05) is 0 Å². The molecule has 18 heavy (non-hydrogen) atoms. The molecule has 0 saturated carbocycles. The zero-order chi connectivity index (χ0) is 12.4. The SMILES string of the molecule is CC1CN(C2CCNCc3ccccc32)CCO1. The molecule has 98 valence electrons. The van der Waals surface area contributed by atoms with E-state index in [0.717, 1.165) is 32.8 Å². The van der Waals surface area contributed by atoms with Crippen LogP contribution in [0.15, 0.2) is 24.3 Å². The number of benzene rings is 1. The molecule has 1 aromatic carbocycles. The van der Waals surface area contributed by atoms with Crippen LogP contribution in [0.5, 0.6) is 0 Å². The Hall–Kier alpha value is -0.900. The number of ether oxygens (including phenoxy) is 1. The normalized spacial score (nSPS) is 29.6. The number of morpholine rings is 1. The van der Waals surface area contributed by atoms with Crippen molar-refractivity contribution in [2.75, 3.05) is 26.2 Å². The summed E-state index contributed by atoms with van der Waals surface area (Å²) in [6.45, 7) is 7.26. The summed E-state index contributed by atoms with van der Waals surface area (Å²) < 4.78 is 5.66. The molecule has 0 spiro atoms. The number of nitrogens with zero attached hydrogens (tertiary/aromatic N) is 1. The predicted octanol–water partition coefficient (Wildman–Crippen LogP) is 1.94. The van der Waals surface area contributed by atoms with E-state index in [1.165, 1.54) is 17.5 Å². The Balaban J connectivity index is 1.86. The Morgan fingerprint density at radius 2 is 2.22 bits per heavy atom. The topological polar surface area (TPSA) is 24.5 Å². The fourth-order valence-electron chi connectivity index (χ4n) is 3.15. The first-order valence-electron chi connectivity index (χ1n) is 6.99. The van der Waals surface area contributed by atoms with Gasteiger partial charge in [0.15, 0.2) is 0 Å². The maximum absolute atomic E-state index is 5.66. The van der Waals surface area contributed by atoms with Crippen molar-refractivity contribution >= 4 is 0 Å². The molecule has 2 heterocycles. The largest absolute Gasteiger partial charge is 0.376 e. The molecule has 3 heteroatoms. The van der Waals surface area contributed by atoms with E-state index in [-0.39, 0.29) is 0 Å². The minimum Gasteiger partial charge on any atom is -0.376 e. The van der Waals surface area contributed by atoms with Crippen molar-refractivity contribution in [3.05, 3.63) is 35.4 Å². The van der Waals surface area contributed by atoms with E-state index in [1.54, 1.807) is 0 Å². The van der Waals surface area contributed by atoms with Gasteiger partial charge in [-0.05, 0) is 31.0 Å². The van der Waals surface area contributed by atoms with Gasteiger partial charge in [0.05, 0.1) is 12.7 Å². The summed E-state index contributed by atoms with van der Waals surface area (Å²) in [5.41, 5.74) is 2.97. The number of fused-ring (bicyclic) bond motifs is 1. The first-order chi connectivity index (χ1) is 8.84. The summed E-state index contributed by atoms with van der Waals surface area (Å²) in [4.78, 5) is 2.60. The zero-order valence-corrected chi connectivity index (χ0v) is 11.1. The second-order valence-corrected chi connectivity index (χ2v) is 5.36. The van der Waals surface area contributed by atoms with Gasteiger partial charge in [0.1, 0.15) is 0 Å². The van der Waals surface area contributed by atoms with E-state index >= 15 is 0 Å². The van der Waals surface area contributed by atoms with Gasteiger partial charge in [-0.3, -0.25) is 4.90 Å². The van der Waals surface area contributed by atoms with Gasteiger partial charge in [-0.25, -0.2) is 0 Å². The van der Waals surface area contributed by atoms with Crippen LogP contribution in [0.3, 0.4) is 0 Å². The van der Waals surface area contributed by atoms with Gasteiger partial charge in [0, 0.05) is 25.7 Å². The number of hydrogen-bond acceptors (Lipinski definition) is 3. The van der Waals surface area contributed by atoms with Crippen molar-refractivity contribution in [3.63, 3.8) is 0 Å². The first-order valence-corrected chi connectivity index (χ1v) is 6.99. The third-order valence-corrected chi connectivity index (χ3v) is 4.04. The van der Waals surface area contributed by atoms with Crippen molar-refractivity contribution < 1.29 is 4.74 Å². The summed E-state index contributed by atoms with van der Waals surface area (Å²) in [6, 6.07) is 9.42. The first kappa shape index (κ1) is 12.2. The van der Waals surface area contributed by atoms with Gasteiger partial charge < -0.3 is 10.1 Å². The summed E-state index contributed by atoms with van der Waals surface area (Å²) in [6.07, 6.45) is 1.56. The summed E-state index contributed by atoms with van der Waals surface area (Å²) in [7, 11) is 0. The average molecular weight is 246 g/mol. The lowest BCUT2D eigenvalue weighted by Crippen LogP contribution is -2.43. The van der Waals surface area contributed by atoms with Crippen LogP contribution < -0.4 is 5.32 Å². The Kier molecular flexibility index (Phi) is 3.64. The van der Waals surface area contributed by atoms with Crippen molar-refractivity contribution in [2.45, 2.75) is 32.0 Å². The van der Waals surface area contributed by atoms with E-state index < -0.39 is 0 Å². The molecule has 2 aliphatic heterocycles. The van der Waals surface area contributed by atoms with E-state index in [0.29, 0.717) is 12.1 Å². The molecule has 3 nitrogen and oxygen atoms in total. The van der Waals surface area contributed by atoms with Gasteiger partial charge in [-0.2, -0.15) is 0 Å². The minimum atomic E-state index is 0.363. The van der Waals surface area contributed by atoms with Crippen molar-refractivity contribution in [3.8, 4) is 0 Å². The zero-order valence-electron chi connectivity index (χ0n) is 11.1. The maximum atomic E-state index is 5.66. The summed E-state index contributed by atoms with van der Waals surface area (Å²) in [5, 5.41) is 3.53. The number of rotatable bonds is 1. The molecule has 0 aromatic heterocycles. The van der Waals surface area contributed by atoms with Gasteiger partial charge in [0.2, 0.25) is 0 Å². The van der Waals surface area contributed by atoms with Crippen molar-refractivity contribution in [1.29, 1.82) is 0 Å². The molecule has 0 radical (unpaired) electrons. The molecule has 2 unspecified atom stereocenters. The highest BCUT2D eigenvalue weighted by Crippen LogP contribution is 2.30. The Morgan fingerprint density at radius 1 is 1.33 bits per heavy atom. The lowest BCUT2D eigenvalue weighted by molar-refractivity contribution is -0.0355. The number of nitrogens with one attached hydrogen (secondary N) is 1. The Bertz CT molecular complexity index is 407. The Labute approximate surface area is 109 Å². The molecular formula is C15H22N2O. The van der Waals surface area contributed by atoms with Crippen LogP contribution >= 0.6 is 0 Å². The summed E-state index contributed by atoms with van der Waals surface area (Å²) in [5.74, 6) is 0. The second-order valence-electron chi connectivity index (χ2n) is 5.36. The molecule has 1 fully saturated rings. The maximum Gasteiger partial charge on any atom is 0.0674 e. The molecule has 0 bridgehead atoms. The lowest BCUT2D eigenvalue weighted by Gasteiger charge is -2.37. The van der Waals surface area contributed by atoms with Crippen LogP contribution in [-0.4, -0.2) is 37.2 Å². The molecule has 2 atom stereocenters. The minimum absolute atomic E-state index is 0.363. The molecule has 2 aliphatic rings. The molecule has 0 amide bonds. The van der Waals surface area contributed by atoms with Crippen LogP contribution in [-0.2, 0) is 11.3 Å². The highest BCUT2D eigenvalue weighted by atomic mass is 16.5. The average Bonchev–Trinajstić information content (AvgIpc) is 2.61. The van der Waals surface area contributed by atoms with Crippen LogP contribution in [0.4, 0.5) is 0 Å². The van der Waals surface area contributed by atoms with Gasteiger partial charge in [0.25, 0.3) is 0 Å². The molecule has 1 aromatic rings. The predicted molar refractivity (Wildman–Crippen MR) is 72.5 cm³/mol. The van der Waals surface area contributed by atoms with Crippen molar-refractivity contribution in [1.82, 2.24) is 10.2 Å². The van der Waals surface area contributed by atoms with E-state index in [4.69, 9.17) is 4.74 Å². The van der Waals surface area contributed by atoms with Gasteiger partial charge in [-0.15, -0.1) is 0 Å². The quantitative estimate of drug-likeness (QED) is 0.819. The number of hydrogen-bond donors (Lipinski definition) is 1. The smallest absolute Gasteiger partial charge is 0.0674 e. The third-order valence-electron chi connectivity index (χ3n) is 4.04. The van der Waals surface area contributed by atoms with E-state index in [9.17, 15) is 0 Å². The molecule has 1 N–H and O–H groups in total. The molecule has 1 saturated heterocycles. The standard InChI is InChI=1S/C15H22N2O/c1-12-11-17(8-9-18-12)15-6-7-16-10-13-4-2-3-5-14(13)15/h2-5,12,15-16H,6-11H2,1H3. The van der Waals surface area contributed by atoms with Gasteiger partial charge in [-0.1, -0.05) is 24.3 Å². The lowest BCUT2D eigenvalue weighted by atomic mass is 9.97. The van der Waals surface area contributed by atoms with Crippen LogP contribution in [0.25, 0.3) is 0 Å². The Morgan fingerprint density at radius 3 is 3.11 bits per heavy atom. The molecule has 3 rings (SSSR count). The van der Waals surface area contributed by atoms with Crippen molar-refractivity contribution in [2.24, 2.45) is 0 Å². The fourth-order valence-corrected chi connectivity index (χ4v) is 3.15. The summed E-state index contributed by atoms with van der Waals surface area (Å²) >= 11 is 0. The highest BCUT2D eigenvalue weighted by molar-refractivity contribution is 5.31. The van der Waals surface area contributed by atoms with Crippen LogP contribution in [0, 0.1) is 0 Å². The van der Waals surface area contributed by atoms with E-state index in [2.05, 4.69) is 41.4 Å². The van der Waals surface area contributed by atoms with Crippen LogP contribution in [0.1, 0.15) is 30.5 Å². The molecule has 0 aliphatic carbocycles.